The van der Waals surface area contributed by atoms with Crippen molar-refractivity contribution in [3.05, 3.63) is 35.4 Å². The molecule has 1 aromatic carbocycles. The number of H-pyrrole nitrogens is 1. The Morgan fingerprint density at radius 3 is 2.29 bits per heavy atom. The van der Waals surface area contributed by atoms with Crippen LogP contribution in [-0.2, 0) is 10.1 Å². The molecule has 84 valence electrons. The summed E-state index contributed by atoms with van der Waals surface area (Å²) in [7, 11) is -4.41. The van der Waals surface area contributed by atoms with Crippen molar-refractivity contribution in [2.75, 3.05) is 0 Å². The molecule has 0 unspecified atom stereocenters. The van der Waals surface area contributed by atoms with E-state index in [1.807, 2.05) is 0 Å². The largest absolute Gasteiger partial charge is 1.00 e. The molecule has 0 saturated carbocycles. The molecule has 0 saturated heterocycles. The van der Waals surface area contributed by atoms with Crippen LogP contribution in [0, 0.1) is 4.77 Å². The zero-order chi connectivity index (χ0) is 11.8. The van der Waals surface area contributed by atoms with Crippen LogP contribution < -0.4 is 29.6 Å². The molecule has 1 aromatic heterocycles. The SMILES string of the molecule is O=S(=O)([O-])c1ccc(-n2cn[nH]c2=S)cc1.[Na+]. The molecular formula is C8H6N3NaO3S2. The van der Waals surface area contributed by atoms with Crippen molar-refractivity contribution < 1.29 is 42.5 Å². The first-order valence-corrected chi connectivity index (χ1v) is 5.98. The fraction of sp³-hybridized carbons (Fsp3) is 0. The van der Waals surface area contributed by atoms with Crippen LogP contribution in [0.15, 0.2) is 35.5 Å². The molecule has 0 amide bonds. The number of aromatic nitrogens is 3. The third-order valence-corrected chi connectivity index (χ3v) is 3.09. The zero-order valence-electron chi connectivity index (χ0n) is 8.82. The summed E-state index contributed by atoms with van der Waals surface area (Å²) in [6, 6.07) is 5.42. The number of benzene rings is 1. The molecule has 0 aliphatic carbocycles. The van der Waals surface area contributed by atoms with E-state index in [0.29, 0.717) is 10.5 Å². The van der Waals surface area contributed by atoms with Gasteiger partial charge >= 0.3 is 29.6 Å². The van der Waals surface area contributed by atoms with Gasteiger partial charge in [0.05, 0.1) is 4.90 Å². The van der Waals surface area contributed by atoms with Crippen molar-refractivity contribution in [3.8, 4) is 5.69 Å². The minimum Gasteiger partial charge on any atom is -0.744 e. The summed E-state index contributed by atoms with van der Waals surface area (Å²) in [5.74, 6) is 0. The predicted octanol–water partition coefficient (Wildman–Crippen LogP) is -2.16. The third kappa shape index (κ3) is 3.24. The standard InChI is InChI=1S/C8H7N3O3S2.Na/c12-16(13,14)7-3-1-6(2-4-7)11-5-9-10-8(11)15;/h1-5H,(H,10,15)(H,12,13,14);/q;+1/p-1. The van der Waals surface area contributed by atoms with Crippen LogP contribution in [0.25, 0.3) is 5.69 Å². The summed E-state index contributed by atoms with van der Waals surface area (Å²) in [5.41, 5.74) is 0.631. The van der Waals surface area contributed by atoms with Crippen LogP contribution in [0.3, 0.4) is 0 Å². The topological polar surface area (TPSA) is 90.8 Å². The molecule has 2 rings (SSSR count). The monoisotopic (exact) mass is 279 g/mol. The molecule has 17 heavy (non-hydrogen) atoms. The Bertz CT molecular complexity index is 660. The Morgan fingerprint density at radius 1 is 1.29 bits per heavy atom. The van der Waals surface area contributed by atoms with Crippen LogP contribution in [0.2, 0.25) is 0 Å². The molecule has 6 nitrogen and oxygen atoms in total. The van der Waals surface area contributed by atoms with E-state index in [4.69, 9.17) is 12.2 Å². The van der Waals surface area contributed by atoms with E-state index in [9.17, 15) is 13.0 Å². The third-order valence-electron chi connectivity index (χ3n) is 1.96. The van der Waals surface area contributed by atoms with Crippen molar-refractivity contribution in [2.45, 2.75) is 4.90 Å². The van der Waals surface area contributed by atoms with Crippen molar-refractivity contribution in [3.63, 3.8) is 0 Å². The molecule has 1 heterocycles. The van der Waals surface area contributed by atoms with E-state index >= 15 is 0 Å². The predicted molar refractivity (Wildman–Crippen MR) is 56.7 cm³/mol. The van der Waals surface area contributed by atoms with E-state index in [2.05, 4.69) is 10.2 Å². The van der Waals surface area contributed by atoms with Crippen LogP contribution >= 0.6 is 12.2 Å². The molecular weight excluding hydrogens is 273 g/mol. The summed E-state index contributed by atoms with van der Waals surface area (Å²) >= 11 is 4.94. The molecule has 0 atom stereocenters. The van der Waals surface area contributed by atoms with Gasteiger partial charge in [0.25, 0.3) is 0 Å². The average Bonchev–Trinajstić information content (AvgIpc) is 2.63. The second-order valence-corrected chi connectivity index (χ2v) is 4.75. The minimum atomic E-state index is -4.41. The first-order valence-electron chi connectivity index (χ1n) is 4.17. The summed E-state index contributed by atoms with van der Waals surface area (Å²) in [5, 5.41) is 6.28. The van der Waals surface area contributed by atoms with Crippen molar-refractivity contribution in [2.24, 2.45) is 0 Å². The average molecular weight is 279 g/mol. The molecule has 2 aromatic rings. The number of nitrogens with zero attached hydrogens (tertiary/aromatic N) is 2. The van der Waals surface area contributed by atoms with Gasteiger partial charge in [0.15, 0.2) is 4.77 Å². The molecule has 0 aliphatic rings. The Morgan fingerprint density at radius 2 is 1.88 bits per heavy atom. The normalized spacial score (nSPS) is 10.9. The molecule has 9 heteroatoms. The first kappa shape index (κ1) is 14.6. The quantitative estimate of drug-likeness (QED) is 0.384. The number of aromatic amines is 1. The van der Waals surface area contributed by atoms with Gasteiger partial charge in [-0.15, -0.1) is 0 Å². The number of hydrogen-bond donors (Lipinski definition) is 1. The smallest absolute Gasteiger partial charge is 0.744 e. The Labute approximate surface area is 125 Å². The number of hydrogen-bond acceptors (Lipinski definition) is 5. The van der Waals surface area contributed by atoms with E-state index in [0.717, 1.165) is 0 Å². The first-order chi connectivity index (χ1) is 7.48. The van der Waals surface area contributed by atoms with Gasteiger partial charge in [0.2, 0.25) is 0 Å². The van der Waals surface area contributed by atoms with Gasteiger partial charge in [-0.05, 0) is 36.5 Å². The van der Waals surface area contributed by atoms with E-state index in [-0.39, 0.29) is 34.5 Å². The van der Waals surface area contributed by atoms with Crippen molar-refractivity contribution in [1.29, 1.82) is 0 Å². The Hall–Kier alpha value is -0.510. The summed E-state index contributed by atoms with van der Waals surface area (Å²) < 4.78 is 34.0. The summed E-state index contributed by atoms with van der Waals surface area (Å²) in [4.78, 5) is -0.272. The van der Waals surface area contributed by atoms with Gasteiger partial charge in [0.1, 0.15) is 16.4 Å². The maximum atomic E-state index is 10.7. The zero-order valence-corrected chi connectivity index (χ0v) is 12.5. The van der Waals surface area contributed by atoms with Crippen LogP contribution in [0.5, 0.6) is 0 Å². The number of nitrogens with one attached hydrogen (secondary N) is 1. The van der Waals surface area contributed by atoms with E-state index in [1.165, 1.54) is 30.6 Å². The molecule has 0 bridgehead atoms. The number of rotatable bonds is 2. The maximum Gasteiger partial charge on any atom is 1.00 e. The van der Waals surface area contributed by atoms with Gasteiger partial charge in [-0.2, -0.15) is 5.10 Å². The van der Waals surface area contributed by atoms with Gasteiger partial charge in [-0.25, -0.2) is 8.42 Å². The van der Waals surface area contributed by atoms with Gasteiger partial charge in [-0.1, -0.05) is 0 Å². The second-order valence-electron chi connectivity index (χ2n) is 2.98. The summed E-state index contributed by atoms with van der Waals surface area (Å²) in [6.45, 7) is 0. The molecule has 0 spiro atoms. The van der Waals surface area contributed by atoms with E-state index in [1.54, 1.807) is 4.57 Å². The van der Waals surface area contributed by atoms with E-state index < -0.39 is 10.1 Å². The van der Waals surface area contributed by atoms with Gasteiger partial charge in [0, 0.05) is 5.69 Å². The van der Waals surface area contributed by atoms with Crippen LogP contribution in [0.4, 0.5) is 0 Å². The minimum absolute atomic E-state index is 0. The van der Waals surface area contributed by atoms with Crippen molar-refractivity contribution >= 4 is 22.3 Å². The fourth-order valence-corrected chi connectivity index (χ4v) is 1.88. The Kier molecular flexibility index (Phi) is 4.64. The van der Waals surface area contributed by atoms with Gasteiger partial charge < -0.3 is 4.55 Å². The van der Waals surface area contributed by atoms with Crippen LogP contribution in [0.1, 0.15) is 0 Å². The van der Waals surface area contributed by atoms with Gasteiger partial charge in [-0.3, -0.25) is 9.67 Å². The second kappa shape index (κ2) is 5.42. The maximum absolute atomic E-state index is 10.7. The van der Waals surface area contributed by atoms with Crippen LogP contribution in [-0.4, -0.2) is 27.7 Å². The molecule has 0 radical (unpaired) electrons. The fourth-order valence-electron chi connectivity index (χ4n) is 1.21. The van der Waals surface area contributed by atoms with Crippen molar-refractivity contribution in [1.82, 2.24) is 14.8 Å². The molecule has 1 N–H and O–H groups in total. The summed E-state index contributed by atoms with van der Waals surface area (Å²) in [6.07, 6.45) is 1.46. The Balaban J connectivity index is 0.00000144. The molecule has 0 fully saturated rings. The molecule has 0 aliphatic heterocycles.